The maximum absolute atomic E-state index is 12.0. The van der Waals surface area contributed by atoms with E-state index in [2.05, 4.69) is 42.5 Å². The number of carbonyl (C=O) groups excluding carboxylic acids is 1. The molecule has 0 aliphatic carbocycles. The van der Waals surface area contributed by atoms with Crippen molar-refractivity contribution in [1.82, 2.24) is 5.32 Å². The zero-order chi connectivity index (χ0) is 18.6. The Morgan fingerprint density at radius 3 is 2.60 bits per heavy atom. The molecule has 0 aliphatic heterocycles. The van der Waals surface area contributed by atoms with Crippen LogP contribution < -0.4 is 15.4 Å². The van der Waals surface area contributed by atoms with Crippen molar-refractivity contribution in [3.05, 3.63) is 54.9 Å². The van der Waals surface area contributed by atoms with E-state index in [1.807, 2.05) is 19.1 Å². The standard InChI is InChI=1S/C16H12Br2Cl2N2O2S/c1-8-4-9(17)5-11(18)15(8)24-7-14(23)22-16(25)21-13-3-2-10(19)6-12(13)20/h2-6H,7H2,1H3,(H2,21,22,23,25). The number of ether oxygens (including phenoxy) is 1. The van der Waals surface area contributed by atoms with E-state index in [9.17, 15) is 4.79 Å². The summed E-state index contributed by atoms with van der Waals surface area (Å²) < 4.78 is 7.23. The lowest BCUT2D eigenvalue weighted by atomic mass is 10.2. The molecule has 0 heterocycles. The molecule has 0 aromatic heterocycles. The molecule has 0 atom stereocenters. The van der Waals surface area contributed by atoms with Crippen molar-refractivity contribution < 1.29 is 9.53 Å². The van der Waals surface area contributed by atoms with Crippen LogP contribution in [-0.4, -0.2) is 17.6 Å². The van der Waals surface area contributed by atoms with Crippen LogP contribution in [0.3, 0.4) is 0 Å². The first-order chi connectivity index (χ1) is 11.8. The van der Waals surface area contributed by atoms with Crippen LogP contribution >= 0.6 is 67.3 Å². The highest BCUT2D eigenvalue weighted by atomic mass is 79.9. The Labute approximate surface area is 177 Å². The summed E-state index contributed by atoms with van der Waals surface area (Å²) in [5.41, 5.74) is 1.44. The number of halogens is 4. The van der Waals surface area contributed by atoms with Crippen LogP contribution in [0, 0.1) is 6.92 Å². The van der Waals surface area contributed by atoms with Crippen molar-refractivity contribution >= 4 is 84.0 Å². The average molecular weight is 527 g/mol. The van der Waals surface area contributed by atoms with E-state index in [4.69, 9.17) is 40.2 Å². The number of benzene rings is 2. The van der Waals surface area contributed by atoms with Crippen LogP contribution in [0.2, 0.25) is 10.0 Å². The first-order valence-electron chi connectivity index (χ1n) is 6.90. The fourth-order valence-electron chi connectivity index (χ4n) is 1.92. The second kappa shape index (κ2) is 9.19. The van der Waals surface area contributed by atoms with Crippen molar-refractivity contribution in [3.8, 4) is 5.75 Å². The van der Waals surface area contributed by atoms with E-state index in [1.54, 1.807) is 18.2 Å². The summed E-state index contributed by atoms with van der Waals surface area (Å²) in [5.74, 6) is 0.203. The predicted molar refractivity (Wildman–Crippen MR) is 113 cm³/mol. The van der Waals surface area contributed by atoms with E-state index in [-0.39, 0.29) is 11.7 Å². The third-order valence-corrected chi connectivity index (χ3v) is 4.77. The minimum Gasteiger partial charge on any atom is -0.482 e. The second-order valence-corrected chi connectivity index (χ2v) is 7.97. The Kier molecular flexibility index (Phi) is 7.51. The number of rotatable bonds is 4. The number of anilines is 1. The smallest absolute Gasteiger partial charge is 0.264 e. The van der Waals surface area contributed by atoms with Crippen LogP contribution in [0.4, 0.5) is 5.69 Å². The Morgan fingerprint density at radius 1 is 1.24 bits per heavy atom. The zero-order valence-corrected chi connectivity index (χ0v) is 18.3. The number of thiocarbonyl (C=S) groups is 1. The molecular formula is C16H12Br2Cl2N2O2S. The SMILES string of the molecule is Cc1cc(Br)cc(Br)c1OCC(=O)NC(=S)Nc1ccc(Cl)cc1Cl. The number of carbonyl (C=O) groups is 1. The molecule has 25 heavy (non-hydrogen) atoms. The number of aryl methyl sites for hydroxylation is 1. The fourth-order valence-corrected chi connectivity index (χ4v) is 4.15. The van der Waals surface area contributed by atoms with E-state index >= 15 is 0 Å². The third-order valence-electron chi connectivity index (χ3n) is 2.97. The maximum Gasteiger partial charge on any atom is 0.264 e. The number of nitrogens with one attached hydrogen (secondary N) is 2. The van der Waals surface area contributed by atoms with Gasteiger partial charge in [0, 0.05) is 9.50 Å². The molecule has 2 rings (SSSR count). The monoisotopic (exact) mass is 524 g/mol. The number of hydrogen-bond donors (Lipinski definition) is 2. The van der Waals surface area contributed by atoms with Gasteiger partial charge in [0.1, 0.15) is 5.75 Å². The van der Waals surface area contributed by atoms with Gasteiger partial charge in [-0.1, -0.05) is 39.1 Å². The summed E-state index contributed by atoms with van der Waals surface area (Å²) in [5, 5.41) is 6.39. The van der Waals surface area contributed by atoms with Crippen molar-refractivity contribution in [2.24, 2.45) is 0 Å². The van der Waals surface area contributed by atoms with E-state index in [0.29, 0.717) is 21.5 Å². The Hall–Kier alpha value is -0.860. The molecule has 0 fully saturated rings. The fraction of sp³-hybridized carbons (Fsp3) is 0.125. The van der Waals surface area contributed by atoms with Crippen LogP contribution in [0.1, 0.15) is 5.56 Å². The van der Waals surface area contributed by atoms with Crippen molar-refractivity contribution in [3.63, 3.8) is 0 Å². The molecule has 9 heteroatoms. The average Bonchev–Trinajstić information content (AvgIpc) is 2.49. The molecule has 1 amide bonds. The molecule has 132 valence electrons. The van der Waals surface area contributed by atoms with Gasteiger partial charge in [0.15, 0.2) is 11.7 Å². The van der Waals surface area contributed by atoms with Gasteiger partial charge in [-0.25, -0.2) is 0 Å². The maximum atomic E-state index is 12.0. The molecule has 2 aromatic carbocycles. The predicted octanol–water partition coefficient (Wildman–Crippen LogP) is 5.72. The highest BCUT2D eigenvalue weighted by Crippen LogP contribution is 2.32. The lowest BCUT2D eigenvalue weighted by molar-refractivity contribution is -0.121. The van der Waals surface area contributed by atoms with Crippen LogP contribution in [0.25, 0.3) is 0 Å². The molecule has 0 spiro atoms. The zero-order valence-electron chi connectivity index (χ0n) is 12.8. The molecule has 0 bridgehead atoms. The van der Waals surface area contributed by atoms with Crippen LogP contribution in [-0.2, 0) is 4.79 Å². The summed E-state index contributed by atoms with van der Waals surface area (Å²) in [4.78, 5) is 12.0. The molecule has 0 unspecified atom stereocenters. The highest BCUT2D eigenvalue weighted by molar-refractivity contribution is 9.11. The van der Waals surface area contributed by atoms with Gasteiger partial charge in [0.25, 0.3) is 5.91 Å². The highest BCUT2D eigenvalue weighted by Gasteiger charge is 2.11. The lowest BCUT2D eigenvalue weighted by Crippen LogP contribution is -2.37. The van der Waals surface area contributed by atoms with E-state index in [1.165, 1.54) is 0 Å². The molecule has 2 aromatic rings. The third kappa shape index (κ3) is 6.11. The molecule has 0 saturated heterocycles. The molecule has 0 saturated carbocycles. The minimum absolute atomic E-state index is 0.115. The van der Waals surface area contributed by atoms with E-state index in [0.717, 1.165) is 14.5 Å². The van der Waals surface area contributed by atoms with Gasteiger partial charge in [0.05, 0.1) is 15.2 Å². The van der Waals surface area contributed by atoms with Gasteiger partial charge in [-0.2, -0.15) is 0 Å². The normalized spacial score (nSPS) is 10.3. The number of amides is 1. The number of hydrogen-bond acceptors (Lipinski definition) is 3. The van der Waals surface area contributed by atoms with Gasteiger partial charge in [0.2, 0.25) is 0 Å². The largest absolute Gasteiger partial charge is 0.482 e. The van der Waals surface area contributed by atoms with Crippen molar-refractivity contribution in [2.45, 2.75) is 6.92 Å². The van der Waals surface area contributed by atoms with E-state index < -0.39 is 5.91 Å². The summed E-state index contributed by atoms with van der Waals surface area (Å²) in [7, 11) is 0. The summed E-state index contributed by atoms with van der Waals surface area (Å²) in [6, 6.07) is 8.65. The minimum atomic E-state index is -0.392. The topological polar surface area (TPSA) is 50.4 Å². The summed E-state index contributed by atoms with van der Waals surface area (Å²) in [6.45, 7) is 1.70. The van der Waals surface area contributed by atoms with Gasteiger partial charge in [-0.15, -0.1) is 0 Å². The Balaban J connectivity index is 1.91. The van der Waals surface area contributed by atoms with Gasteiger partial charge in [-0.3, -0.25) is 10.1 Å². The first kappa shape index (κ1) is 20.5. The Bertz CT molecular complexity index is 811. The second-order valence-electron chi connectivity index (χ2n) is 4.95. The van der Waals surface area contributed by atoms with Crippen molar-refractivity contribution in [2.75, 3.05) is 11.9 Å². The molecule has 2 N–H and O–H groups in total. The molecule has 4 nitrogen and oxygen atoms in total. The molecule has 0 radical (unpaired) electrons. The lowest BCUT2D eigenvalue weighted by Gasteiger charge is -2.13. The van der Waals surface area contributed by atoms with Crippen LogP contribution in [0.15, 0.2) is 39.3 Å². The summed E-state index contributed by atoms with van der Waals surface area (Å²) >= 11 is 23.8. The molecule has 0 aliphatic rings. The van der Waals surface area contributed by atoms with Crippen LogP contribution in [0.5, 0.6) is 5.75 Å². The van der Waals surface area contributed by atoms with Gasteiger partial charge < -0.3 is 10.1 Å². The van der Waals surface area contributed by atoms with Gasteiger partial charge in [-0.05, 0) is 71.0 Å². The summed E-state index contributed by atoms with van der Waals surface area (Å²) in [6.07, 6.45) is 0. The quantitative estimate of drug-likeness (QED) is 0.500. The van der Waals surface area contributed by atoms with Crippen molar-refractivity contribution in [1.29, 1.82) is 0 Å². The Morgan fingerprint density at radius 2 is 1.96 bits per heavy atom. The molecular weight excluding hydrogens is 515 g/mol. The van der Waals surface area contributed by atoms with Gasteiger partial charge >= 0.3 is 0 Å². The first-order valence-corrected chi connectivity index (χ1v) is 9.65.